The third-order valence-electron chi connectivity index (χ3n) is 6.93. The Morgan fingerprint density at radius 3 is 2.46 bits per heavy atom. The summed E-state index contributed by atoms with van der Waals surface area (Å²) in [4.78, 5) is 52.7. The van der Waals surface area contributed by atoms with E-state index in [4.69, 9.17) is 4.74 Å². The number of esters is 1. The number of nitrogens with zero attached hydrogens (tertiary/aromatic N) is 1. The number of carboxylic acids is 1. The molecule has 190 valence electrons. The van der Waals surface area contributed by atoms with Crippen molar-refractivity contribution in [2.75, 3.05) is 25.7 Å². The average Bonchev–Trinajstić information content (AvgIpc) is 3.34. The van der Waals surface area contributed by atoms with E-state index in [2.05, 4.69) is 18.3 Å². The quantitative estimate of drug-likeness (QED) is 0.193. The van der Waals surface area contributed by atoms with E-state index in [9.17, 15) is 24.3 Å². The number of benzene rings is 1. The number of nitrogens with one attached hydrogen (secondary N) is 1. The number of imide groups is 1. The fourth-order valence-corrected chi connectivity index (χ4v) is 5.60. The Labute approximate surface area is 210 Å². The van der Waals surface area contributed by atoms with E-state index < -0.39 is 41.3 Å². The maximum absolute atomic E-state index is 13.5. The van der Waals surface area contributed by atoms with Crippen LogP contribution in [0.2, 0.25) is 0 Å². The molecule has 0 radical (unpaired) electrons. The van der Waals surface area contributed by atoms with Crippen LogP contribution in [0.25, 0.3) is 0 Å². The number of hydrogen-bond donors (Lipinski definition) is 2. The van der Waals surface area contributed by atoms with Gasteiger partial charge < -0.3 is 9.84 Å². The van der Waals surface area contributed by atoms with Crippen molar-refractivity contribution in [3.8, 4) is 0 Å². The highest BCUT2D eigenvalue weighted by Gasteiger charge is 2.67. The lowest BCUT2D eigenvalue weighted by Crippen LogP contribution is -2.56. The smallest absolute Gasteiger partial charge is 0.337 e. The van der Waals surface area contributed by atoms with E-state index in [0.29, 0.717) is 23.3 Å². The minimum Gasteiger partial charge on any atom is -0.480 e. The maximum Gasteiger partial charge on any atom is 0.337 e. The number of likely N-dealkylation sites (tertiary alicyclic amines) is 1. The Hall–Kier alpha value is -2.65. The predicted octanol–water partition coefficient (Wildman–Crippen LogP) is 3.43. The number of fused-ring (bicyclic) bond motifs is 1. The second kappa shape index (κ2) is 11.9. The summed E-state index contributed by atoms with van der Waals surface area (Å²) in [6.07, 6.45) is 9.80. The monoisotopic (exact) mass is 502 g/mol. The number of methoxy groups -OCH3 is 1. The number of thioether (sulfide) groups is 1. The van der Waals surface area contributed by atoms with Crippen molar-refractivity contribution in [2.45, 2.75) is 50.6 Å². The lowest BCUT2D eigenvalue weighted by Gasteiger charge is -2.31. The molecular formula is C26H34N2O6S. The Balaban J connectivity index is 1.93. The molecule has 9 heteroatoms. The molecule has 2 heterocycles. The first-order chi connectivity index (χ1) is 16.8. The van der Waals surface area contributed by atoms with Gasteiger partial charge in [0.1, 0.15) is 5.54 Å². The van der Waals surface area contributed by atoms with E-state index in [1.54, 1.807) is 24.3 Å². The fraction of sp³-hybridized carbons (Fsp3) is 0.538. The normalized spacial score (nSPS) is 25.9. The van der Waals surface area contributed by atoms with Gasteiger partial charge in [0.25, 0.3) is 0 Å². The van der Waals surface area contributed by atoms with Gasteiger partial charge in [0.15, 0.2) is 0 Å². The fourth-order valence-electron chi connectivity index (χ4n) is 5.07. The van der Waals surface area contributed by atoms with Crippen molar-refractivity contribution < 1.29 is 29.0 Å². The van der Waals surface area contributed by atoms with Crippen LogP contribution in [0.1, 0.15) is 61.0 Å². The zero-order chi connectivity index (χ0) is 25.6. The van der Waals surface area contributed by atoms with Gasteiger partial charge in [-0.25, -0.2) is 4.79 Å². The Bertz CT molecular complexity index is 979. The third kappa shape index (κ3) is 5.30. The van der Waals surface area contributed by atoms with E-state index in [1.165, 1.54) is 23.8 Å². The SMILES string of the molecule is CCCC/C=C/CCN1C(=O)C2C(c3ccc(C(=O)OC)cc3)NC(CCSC)(C(=O)O)C2C1=O. The first-order valence-electron chi connectivity index (χ1n) is 12.0. The first-order valence-corrected chi connectivity index (χ1v) is 13.4. The van der Waals surface area contributed by atoms with Gasteiger partial charge >= 0.3 is 11.9 Å². The number of rotatable bonds is 12. The molecule has 2 amide bonds. The molecule has 35 heavy (non-hydrogen) atoms. The molecule has 1 aromatic carbocycles. The van der Waals surface area contributed by atoms with Crippen LogP contribution in [0.15, 0.2) is 36.4 Å². The molecule has 2 aliphatic heterocycles. The van der Waals surface area contributed by atoms with Gasteiger partial charge in [-0.15, -0.1) is 0 Å². The van der Waals surface area contributed by atoms with Crippen LogP contribution in [0.3, 0.4) is 0 Å². The summed E-state index contributed by atoms with van der Waals surface area (Å²) in [5, 5.41) is 13.5. The van der Waals surface area contributed by atoms with E-state index in [0.717, 1.165) is 19.3 Å². The van der Waals surface area contributed by atoms with Gasteiger partial charge in [0, 0.05) is 12.6 Å². The van der Waals surface area contributed by atoms with Crippen LogP contribution in [0.5, 0.6) is 0 Å². The molecule has 0 saturated carbocycles. The number of hydrogen-bond acceptors (Lipinski definition) is 7. The molecular weight excluding hydrogens is 468 g/mol. The van der Waals surface area contributed by atoms with Crippen molar-refractivity contribution in [3.63, 3.8) is 0 Å². The van der Waals surface area contributed by atoms with Gasteiger partial charge in [-0.2, -0.15) is 11.8 Å². The summed E-state index contributed by atoms with van der Waals surface area (Å²) >= 11 is 1.50. The van der Waals surface area contributed by atoms with E-state index in [-0.39, 0.29) is 18.9 Å². The van der Waals surface area contributed by atoms with Gasteiger partial charge in [-0.05, 0) is 49.0 Å². The van der Waals surface area contributed by atoms with Gasteiger partial charge in [-0.1, -0.05) is 44.1 Å². The molecule has 2 fully saturated rings. The zero-order valence-electron chi connectivity index (χ0n) is 20.5. The Morgan fingerprint density at radius 1 is 1.17 bits per heavy atom. The number of amides is 2. The topological polar surface area (TPSA) is 113 Å². The summed E-state index contributed by atoms with van der Waals surface area (Å²) in [7, 11) is 1.29. The summed E-state index contributed by atoms with van der Waals surface area (Å²) in [5.41, 5.74) is -0.539. The van der Waals surface area contributed by atoms with Crippen LogP contribution in [-0.4, -0.2) is 65.0 Å². The number of ether oxygens (including phenoxy) is 1. The number of allylic oxidation sites excluding steroid dienone is 1. The standard InChI is InChI=1S/C26H34N2O6S/c1-4-5-6-7-8-9-15-28-22(29)19-20(23(28)30)26(25(32)33,14-16-35-3)27-21(19)17-10-12-18(13-11-17)24(31)34-2/h7-8,10-13,19-21,27H,4-6,9,14-16H2,1-3H3,(H,32,33)/b8-7+. The third-order valence-corrected chi connectivity index (χ3v) is 7.54. The molecule has 0 bridgehead atoms. The molecule has 0 spiro atoms. The summed E-state index contributed by atoms with van der Waals surface area (Å²) in [5.74, 6) is -3.67. The number of carboxylic acid groups (broad SMARTS) is 1. The zero-order valence-corrected chi connectivity index (χ0v) is 21.3. The number of carbonyl (C=O) groups excluding carboxylic acids is 3. The lowest BCUT2D eigenvalue weighted by molar-refractivity contribution is -0.151. The molecule has 8 nitrogen and oxygen atoms in total. The van der Waals surface area contributed by atoms with Crippen molar-refractivity contribution >= 4 is 35.5 Å². The molecule has 1 aromatic rings. The second-order valence-electron chi connectivity index (χ2n) is 8.99. The number of carbonyl (C=O) groups is 4. The average molecular weight is 503 g/mol. The number of unbranched alkanes of at least 4 members (excludes halogenated alkanes) is 2. The van der Waals surface area contributed by atoms with Crippen molar-refractivity contribution in [1.29, 1.82) is 0 Å². The maximum atomic E-state index is 13.5. The van der Waals surface area contributed by atoms with Crippen LogP contribution in [0.4, 0.5) is 0 Å². The minimum absolute atomic E-state index is 0.213. The van der Waals surface area contributed by atoms with Crippen LogP contribution in [0, 0.1) is 11.8 Å². The minimum atomic E-state index is -1.54. The van der Waals surface area contributed by atoms with Crippen molar-refractivity contribution in [1.82, 2.24) is 10.2 Å². The first kappa shape index (κ1) is 26.9. The highest BCUT2D eigenvalue weighted by Crippen LogP contribution is 2.50. The van der Waals surface area contributed by atoms with Crippen LogP contribution < -0.4 is 5.32 Å². The molecule has 2 saturated heterocycles. The molecule has 4 atom stereocenters. The Kier molecular flexibility index (Phi) is 9.13. The largest absolute Gasteiger partial charge is 0.480 e. The van der Waals surface area contributed by atoms with Crippen LogP contribution in [-0.2, 0) is 19.1 Å². The highest BCUT2D eigenvalue weighted by atomic mass is 32.2. The molecule has 0 aromatic heterocycles. The summed E-state index contributed by atoms with van der Waals surface area (Å²) in [6.45, 7) is 2.35. The van der Waals surface area contributed by atoms with Gasteiger partial charge in [0.2, 0.25) is 11.8 Å². The van der Waals surface area contributed by atoms with E-state index >= 15 is 0 Å². The van der Waals surface area contributed by atoms with Crippen molar-refractivity contribution in [2.24, 2.45) is 11.8 Å². The lowest BCUT2D eigenvalue weighted by atomic mass is 9.78. The highest BCUT2D eigenvalue weighted by molar-refractivity contribution is 7.98. The molecule has 4 unspecified atom stereocenters. The van der Waals surface area contributed by atoms with Crippen molar-refractivity contribution in [3.05, 3.63) is 47.5 Å². The van der Waals surface area contributed by atoms with Gasteiger partial charge in [0.05, 0.1) is 24.5 Å². The van der Waals surface area contributed by atoms with E-state index in [1.807, 2.05) is 12.3 Å². The molecule has 2 N–H and O–H groups in total. The van der Waals surface area contributed by atoms with Crippen LogP contribution >= 0.6 is 11.8 Å². The summed E-state index contributed by atoms with van der Waals surface area (Å²) in [6, 6.07) is 5.88. The molecule has 0 aliphatic carbocycles. The molecule has 3 rings (SSSR count). The predicted molar refractivity (Wildman–Crippen MR) is 134 cm³/mol. The molecule has 2 aliphatic rings. The van der Waals surface area contributed by atoms with Gasteiger partial charge in [-0.3, -0.25) is 24.6 Å². The number of aliphatic carboxylic acids is 1. The Morgan fingerprint density at radius 2 is 1.86 bits per heavy atom. The summed E-state index contributed by atoms with van der Waals surface area (Å²) < 4.78 is 4.75. The second-order valence-corrected chi connectivity index (χ2v) is 9.97.